The van der Waals surface area contributed by atoms with E-state index < -0.39 is 8.07 Å². The van der Waals surface area contributed by atoms with Gasteiger partial charge in [0.05, 0.1) is 0 Å². The van der Waals surface area contributed by atoms with Crippen LogP contribution >= 0.6 is 0 Å². The van der Waals surface area contributed by atoms with Crippen LogP contribution in [0.2, 0.25) is 24.2 Å². The van der Waals surface area contributed by atoms with Gasteiger partial charge in [0, 0.05) is 19.9 Å². The van der Waals surface area contributed by atoms with Crippen LogP contribution in [0.5, 0.6) is 0 Å². The molecule has 0 nitrogen and oxygen atoms in total. The van der Waals surface area contributed by atoms with Crippen molar-refractivity contribution >= 4 is 20.2 Å². The number of fused-ring (bicyclic) bond motifs is 2. The van der Waals surface area contributed by atoms with Crippen LogP contribution in [-0.2, 0) is 26.2 Å². The largest absolute Gasteiger partial charge is 3.00 e. The van der Waals surface area contributed by atoms with Gasteiger partial charge in [-0.1, -0.05) is 97.9 Å². The molecule has 4 atom stereocenters. The predicted octanol–water partition coefficient (Wildman–Crippen LogP) is 1.06. The summed E-state index contributed by atoms with van der Waals surface area (Å²) in [4.78, 5) is 0. The van der Waals surface area contributed by atoms with E-state index in [1.54, 1.807) is 5.56 Å². The zero-order chi connectivity index (χ0) is 17.7. The fraction of sp³-hybridized carbons (Fsp3) is 0.320. The van der Waals surface area contributed by atoms with Gasteiger partial charge in [0.15, 0.2) is 0 Å². The second kappa shape index (κ2) is 9.82. The number of rotatable bonds is 5. The summed E-state index contributed by atoms with van der Waals surface area (Å²) in [5.41, 5.74) is 7.74. The number of allylic oxidation sites excluding steroid dienone is 2. The van der Waals surface area contributed by atoms with Crippen LogP contribution in [0.25, 0.3) is 12.2 Å². The van der Waals surface area contributed by atoms with Crippen LogP contribution in [0, 0.1) is 6.42 Å². The Balaban J connectivity index is 0.000001000. The molecule has 0 amide bonds. The monoisotopic (exact) mass is 515 g/mol. The molecule has 4 unspecified atom stereocenters. The van der Waals surface area contributed by atoms with Crippen molar-refractivity contribution in [3.8, 4) is 0 Å². The summed E-state index contributed by atoms with van der Waals surface area (Å²) in [5.74, 6) is 1.29. The van der Waals surface area contributed by atoms with E-state index in [0.717, 1.165) is 11.1 Å². The molecule has 29 heavy (non-hydrogen) atoms. The molecule has 0 aromatic heterocycles. The molecule has 0 N–H and O–H groups in total. The minimum Gasteiger partial charge on any atom is -1.00 e. The molecule has 149 valence electrons. The molecular weight excluding hydrogens is 490 g/mol. The maximum Gasteiger partial charge on any atom is 3.00 e. The Hall–Kier alpha value is -0.400. The first-order chi connectivity index (χ1) is 12.7. The Morgan fingerprint density at radius 1 is 0.828 bits per heavy atom. The van der Waals surface area contributed by atoms with Crippen LogP contribution in [0.15, 0.2) is 60.7 Å². The first-order valence-electron chi connectivity index (χ1n) is 10.0. The van der Waals surface area contributed by atoms with Gasteiger partial charge in [-0.2, -0.15) is 12.0 Å². The molecule has 0 saturated carbocycles. The fourth-order valence-electron chi connectivity index (χ4n) is 5.48. The number of hydrogen-bond acceptors (Lipinski definition) is 0. The molecule has 4 heteroatoms. The van der Waals surface area contributed by atoms with Crippen molar-refractivity contribution in [3.63, 3.8) is 0 Å². The van der Waals surface area contributed by atoms with Crippen molar-refractivity contribution in [1.29, 1.82) is 0 Å². The van der Waals surface area contributed by atoms with E-state index in [-0.39, 0.29) is 51.0 Å². The molecular formula is C25H27Cl2SiZr. The summed E-state index contributed by atoms with van der Waals surface area (Å²) < 4.78 is 0. The zero-order valence-electron chi connectivity index (χ0n) is 17.0. The smallest absolute Gasteiger partial charge is 1.00 e. The topological polar surface area (TPSA) is 0 Å². The third-order valence-corrected chi connectivity index (χ3v) is 11.4. The molecule has 5 rings (SSSR count). The maximum absolute atomic E-state index is 2.69. The minimum absolute atomic E-state index is 0. The molecule has 1 radical (unpaired) electrons. The Morgan fingerprint density at radius 3 is 2.14 bits per heavy atom. The number of hydrogen-bond donors (Lipinski definition) is 0. The van der Waals surface area contributed by atoms with E-state index in [9.17, 15) is 0 Å². The Kier molecular flexibility index (Phi) is 8.42. The normalized spacial score (nSPS) is 26.6. The molecule has 1 saturated heterocycles. The van der Waals surface area contributed by atoms with Crippen LogP contribution in [0.4, 0.5) is 0 Å². The molecule has 2 aromatic rings. The van der Waals surface area contributed by atoms with Crippen molar-refractivity contribution in [2.24, 2.45) is 0 Å². The maximum atomic E-state index is 2.69. The molecule has 1 aliphatic heterocycles. The van der Waals surface area contributed by atoms with Gasteiger partial charge in [0.2, 0.25) is 0 Å². The standard InChI is InChI=1S/C25H27Si.2ClH.Zr/c1-26(2)24(25(26)23-17-16-20-9-4-6-12-22(20)23)13-7-10-19-15-14-18-8-3-5-11-21(18)19;;;/h3-6,8-9,11-17,19,23-25H,7,10H2,1-2H3;2*1H;/q-1;;;+3/p-2. The summed E-state index contributed by atoms with van der Waals surface area (Å²) in [6.45, 7) is 5.19. The SMILES string of the molecule is C[Si]1(C)C([CH-]CCC2C=Cc3ccccc32)C1C1C=Cc2ccccc21.[Cl-].[Cl-].[Zr+3]. The van der Waals surface area contributed by atoms with Crippen molar-refractivity contribution in [3.05, 3.63) is 89.4 Å². The van der Waals surface area contributed by atoms with Gasteiger partial charge < -0.3 is 31.2 Å². The molecule has 3 aliphatic rings. The first-order valence-corrected chi connectivity index (χ1v) is 13.2. The minimum atomic E-state index is -1.13. The van der Waals surface area contributed by atoms with Crippen LogP contribution < -0.4 is 24.8 Å². The summed E-state index contributed by atoms with van der Waals surface area (Å²) in [6, 6.07) is 17.9. The van der Waals surface area contributed by atoms with E-state index in [0.29, 0.717) is 11.8 Å². The molecule has 2 aromatic carbocycles. The van der Waals surface area contributed by atoms with Crippen LogP contribution in [0.3, 0.4) is 0 Å². The van der Waals surface area contributed by atoms with Crippen molar-refractivity contribution in [2.75, 3.05) is 0 Å². The van der Waals surface area contributed by atoms with Crippen LogP contribution in [0.1, 0.15) is 46.9 Å². The fourth-order valence-corrected chi connectivity index (χ4v) is 10.2. The van der Waals surface area contributed by atoms with Gasteiger partial charge in [-0.25, -0.2) is 0 Å². The van der Waals surface area contributed by atoms with E-state index in [1.807, 2.05) is 0 Å². The van der Waals surface area contributed by atoms with Crippen LogP contribution in [-0.4, -0.2) is 8.07 Å². The average Bonchev–Trinajstić information content (AvgIpc) is 3.02. The van der Waals surface area contributed by atoms with E-state index in [1.165, 1.54) is 29.5 Å². The average molecular weight is 518 g/mol. The Labute approximate surface area is 208 Å². The van der Waals surface area contributed by atoms with Gasteiger partial charge in [-0.3, -0.25) is 0 Å². The molecule has 2 aliphatic carbocycles. The summed E-state index contributed by atoms with van der Waals surface area (Å²) in [5, 5.41) is 0. The summed E-state index contributed by atoms with van der Waals surface area (Å²) in [6.07, 6.45) is 14.7. The molecule has 1 fully saturated rings. The second-order valence-electron chi connectivity index (χ2n) is 8.79. The van der Waals surface area contributed by atoms with E-state index in [4.69, 9.17) is 0 Å². The number of benzene rings is 2. The zero-order valence-corrected chi connectivity index (χ0v) is 22.0. The van der Waals surface area contributed by atoms with Crippen molar-refractivity contribution < 1.29 is 51.0 Å². The first kappa shape index (κ1) is 24.9. The van der Waals surface area contributed by atoms with Gasteiger partial charge in [0.25, 0.3) is 0 Å². The Bertz CT molecular complexity index is 905. The van der Waals surface area contributed by atoms with Crippen molar-refractivity contribution in [1.82, 2.24) is 0 Å². The molecule has 0 spiro atoms. The Morgan fingerprint density at radius 2 is 1.41 bits per heavy atom. The second-order valence-corrected chi connectivity index (χ2v) is 13.8. The van der Waals surface area contributed by atoms with Crippen molar-refractivity contribution in [2.45, 2.75) is 48.9 Å². The molecule has 0 bridgehead atoms. The van der Waals surface area contributed by atoms with Gasteiger partial charge >= 0.3 is 26.2 Å². The third-order valence-electron chi connectivity index (χ3n) is 7.02. The summed E-state index contributed by atoms with van der Waals surface area (Å²) >= 11 is 0. The van der Waals surface area contributed by atoms with E-state index >= 15 is 0 Å². The van der Waals surface area contributed by atoms with Gasteiger partial charge in [-0.05, 0) is 22.3 Å². The molecule has 1 heterocycles. The summed E-state index contributed by atoms with van der Waals surface area (Å²) in [7, 11) is -1.13. The third kappa shape index (κ3) is 4.47. The number of halogens is 2. The predicted molar refractivity (Wildman–Crippen MR) is 115 cm³/mol. The van der Waals surface area contributed by atoms with E-state index in [2.05, 4.69) is 92.3 Å². The quantitative estimate of drug-likeness (QED) is 0.411. The van der Waals surface area contributed by atoms with Gasteiger partial charge in [-0.15, -0.1) is 0 Å². The van der Waals surface area contributed by atoms with Gasteiger partial charge in [0.1, 0.15) is 0 Å².